The first-order valence-corrected chi connectivity index (χ1v) is 9.39. The molecule has 4 N–H and O–H groups in total. The largest absolute Gasteiger partial charge is 0.463 e. The van der Waals surface area contributed by atoms with Crippen molar-refractivity contribution >= 4 is 58.1 Å². The second kappa shape index (κ2) is 8.71. The zero-order valence-corrected chi connectivity index (χ0v) is 16.3. The van der Waals surface area contributed by atoms with Crippen LogP contribution in [0.15, 0.2) is 57.3 Å². The van der Waals surface area contributed by atoms with Gasteiger partial charge < -0.3 is 15.6 Å². The molecule has 1 aromatic carbocycles. The van der Waals surface area contributed by atoms with Crippen LogP contribution in [0.4, 0.5) is 11.6 Å². The number of nitrogen functional groups attached to an aromatic ring is 1. The van der Waals surface area contributed by atoms with E-state index in [1.807, 2.05) is 24.3 Å². The minimum atomic E-state index is -0.162. The molecular weight excluding hydrogens is 469 g/mol. The highest BCUT2D eigenvalue weighted by Crippen LogP contribution is 2.17. The Morgan fingerprint density at radius 3 is 2.88 bits per heavy atom. The van der Waals surface area contributed by atoms with Gasteiger partial charge in [0.15, 0.2) is 0 Å². The Kier molecular flexibility index (Phi) is 6.12. The van der Waals surface area contributed by atoms with Gasteiger partial charge in [-0.3, -0.25) is 4.79 Å². The minimum absolute atomic E-state index is 0.150. The summed E-state index contributed by atoms with van der Waals surface area (Å²) >= 11 is 3.37. The molecule has 0 atom stereocenters. The van der Waals surface area contributed by atoms with Gasteiger partial charge in [-0.05, 0) is 59.0 Å². The van der Waals surface area contributed by atoms with Crippen molar-refractivity contribution in [3.8, 4) is 0 Å². The molecule has 0 unspecified atom stereocenters. The second-order valence-electron chi connectivity index (χ2n) is 4.91. The number of carbonyl (C=O) groups is 1. The van der Waals surface area contributed by atoms with Crippen LogP contribution in [-0.4, -0.2) is 32.7 Å². The Bertz CT molecular complexity index is 893. The Labute approximate surface area is 166 Å². The first kappa shape index (κ1) is 18.3. The van der Waals surface area contributed by atoms with E-state index in [9.17, 15) is 4.79 Å². The van der Waals surface area contributed by atoms with E-state index in [4.69, 9.17) is 10.3 Å². The van der Waals surface area contributed by atoms with Crippen LogP contribution in [-0.2, 0) is 4.79 Å². The van der Waals surface area contributed by atoms with Gasteiger partial charge in [0.25, 0.3) is 5.95 Å². The molecule has 3 rings (SSSR count). The number of anilines is 2. The van der Waals surface area contributed by atoms with Gasteiger partial charge in [-0.2, -0.15) is 5.10 Å². The molecule has 0 fully saturated rings. The zero-order chi connectivity index (χ0) is 18.4. The summed E-state index contributed by atoms with van der Waals surface area (Å²) in [7, 11) is 0. The van der Waals surface area contributed by atoms with Crippen LogP contribution >= 0.6 is 34.4 Å². The Hall–Kier alpha value is -2.54. The van der Waals surface area contributed by atoms with Crippen molar-refractivity contribution in [2.45, 2.75) is 5.16 Å². The van der Waals surface area contributed by atoms with Crippen molar-refractivity contribution in [2.24, 2.45) is 5.10 Å². The third-order valence-corrected chi connectivity index (χ3v) is 4.69. The quantitative estimate of drug-likeness (QED) is 0.155. The van der Waals surface area contributed by atoms with Gasteiger partial charge in [0.05, 0.1) is 18.2 Å². The summed E-state index contributed by atoms with van der Waals surface area (Å²) in [6.45, 7) is 0. The maximum absolute atomic E-state index is 12.0. The number of halogens is 1. The van der Waals surface area contributed by atoms with Crippen LogP contribution in [0.2, 0.25) is 0 Å². The summed E-state index contributed by atoms with van der Waals surface area (Å²) < 4.78 is 7.44. The zero-order valence-electron chi connectivity index (χ0n) is 13.3. The predicted octanol–water partition coefficient (Wildman–Crippen LogP) is 2.37. The highest BCUT2D eigenvalue weighted by atomic mass is 127. The number of nitrogens with one attached hydrogen (secondary N) is 2. The van der Waals surface area contributed by atoms with E-state index in [0.717, 1.165) is 9.26 Å². The summed E-state index contributed by atoms with van der Waals surface area (Å²) in [5.41, 5.74) is 3.40. The number of amides is 1. The second-order valence-corrected chi connectivity index (χ2v) is 7.09. The first-order chi connectivity index (χ1) is 12.6. The Morgan fingerprint density at radius 1 is 1.35 bits per heavy atom. The highest BCUT2D eigenvalue weighted by Gasteiger charge is 2.12. The molecule has 0 aliphatic carbocycles. The molecule has 26 heavy (non-hydrogen) atoms. The fraction of sp³-hybridized carbons (Fsp3) is 0.0667. The summed E-state index contributed by atoms with van der Waals surface area (Å²) in [6, 6.07) is 11.0. The van der Waals surface area contributed by atoms with Crippen LogP contribution < -0.4 is 16.6 Å². The first-order valence-electron chi connectivity index (χ1n) is 7.33. The lowest BCUT2D eigenvalue weighted by molar-refractivity contribution is -0.113. The molecule has 2 aromatic heterocycles. The SMILES string of the molecule is Nn1c(N/N=C/c2ccco2)nnc1SCC(=O)Nc1ccc(I)cc1. The number of rotatable bonds is 7. The maximum Gasteiger partial charge on any atom is 0.264 e. The number of hydrogen-bond acceptors (Lipinski definition) is 8. The number of hydrogen-bond donors (Lipinski definition) is 3. The van der Waals surface area contributed by atoms with E-state index in [-0.39, 0.29) is 17.6 Å². The van der Waals surface area contributed by atoms with Gasteiger partial charge in [-0.1, -0.05) is 11.8 Å². The molecule has 11 heteroatoms. The molecule has 134 valence electrons. The molecule has 0 bridgehead atoms. The Morgan fingerprint density at radius 2 is 2.15 bits per heavy atom. The summed E-state index contributed by atoms with van der Waals surface area (Å²) in [6.07, 6.45) is 3.03. The van der Waals surface area contributed by atoms with Gasteiger partial charge in [-0.15, -0.1) is 10.2 Å². The lowest BCUT2D eigenvalue weighted by atomic mass is 10.3. The van der Waals surface area contributed by atoms with E-state index in [1.165, 1.54) is 22.7 Å². The Balaban J connectivity index is 1.51. The predicted molar refractivity (Wildman–Crippen MR) is 109 cm³/mol. The van der Waals surface area contributed by atoms with Crippen molar-refractivity contribution in [1.82, 2.24) is 14.9 Å². The van der Waals surface area contributed by atoms with Gasteiger partial charge in [-0.25, -0.2) is 10.1 Å². The molecule has 0 spiro atoms. The number of furan rings is 1. The third-order valence-electron chi connectivity index (χ3n) is 3.02. The van der Waals surface area contributed by atoms with Crippen LogP contribution in [0.5, 0.6) is 0 Å². The topological polar surface area (TPSA) is 123 Å². The van der Waals surface area contributed by atoms with Crippen LogP contribution in [0.25, 0.3) is 0 Å². The lowest BCUT2D eigenvalue weighted by Gasteiger charge is -2.05. The van der Waals surface area contributed by atoms with E-state index >= 15 is 0 Å². The molecular formula is C15H14IN7O2S. The number of benzene rings is 1. The number of thioether (sulfide) groups is 1. The number of nitrogens with two attached hydrogens (primary N) is 1. The van der Waals surface area contributed by atoms with Crippen molar-refractivity contribution < 1.29 is 9.21 Å². The smallest absolute Gasteiger partial charge is 0.264 e. The summed E-state index contributed by atoms with van der Waals surface area (Å²) in [5, 5.41) is 15.0. The van der Waals surface area contributed by atoms with E-state index in [2.05, 4.69) is 48.6 Å². The standard InChI is InChI=1S/C15H14IN7O2S/c16-10-3-5-11(6-4-10)19-13(24)9-26-15-22-21-14(23(15)17)20-18-8-12-2-1-7-25-12/h1-8H,9,17H2,(H,19,24)(H,20,21)/b18-8+. The summed E-state index contributed by atoms with van der Waals surface area (Å²) in [4.78, 5) is 12.0. The fourth-order valence-electron chi connectivity index (χ4n) is 1.83. The maximum atomic E-state index is 12.0. The monoisotopic (exact) mass is 483 g/mol. The van der Waals surface area contributed by atoms with Gasteiger partial charge in [0.2, 0.25) is 11.1 Å². The van der Waals surface area contributed by atoms with Crippen molar-refractivity contribution in [3.05, 3.63) is 52.0 Å². The molecule has 2 heterocycles. The van der Waals surface area contributed by atoms with E-state index < -0.39 is 0 Å². The number of nitrogens with zero attached hydrogens (tertiary/aromatic N) is 4. The molecule has 0 saturated carbocycles. The van der Waals surface area contributed by atoms with Gasteiger partial charge in [0.1, 0.15) is 5.76 Å². The molecule has 0 saturated heterocycles. The fourth-order valence-corrected chi connectivity index (χ4v) is 2.85. The summed E-state index contributed by atoms with van der Waals surface area (Å²) in [5.74, 6) is 6.71. The van der Waals surface area contributed by atoms with Crippen molar-refractivity contribution in [2.75, 3.05) is 22.3 Å². The molecule has 9 nitrogen and oxygen atoms in total. The number of carbonyl (C=O) groups excluding carboxylic acids is 1. The lowest BCUT2D eigenvalue weighted by Crippen LogP contribution is -2.16. The number of aromatic nitrogens is 3. The molecule has 0 radical (unpaired) electrons. The third kappa shape index (κ3) is 4.98. The van der Waals surface area contributed by atoms with Gasteiger partial charge in [0, 0.05) is 9.26 Å². The molecule has 0 aliphatic heterocycles. The van der Waals surface area contributed by atoms with Crippen LogP contribution in [0, 0.1) is 3.57 Å². The van der Waals surface area contributed by atoms with Crippen molar-refractivity contribution in [3.63, 3.8) is 0 Å². The average molecular weight is 483 g/mol. The van der Waals surface area contributed by atoms with Crippen molar-refractivity contribution in [1.29, 1.82) is 0 Å². The molecule has 3 aromatic rings. The average Bonchev–Trinajstić information content (AvgIpc) is 3.26. The van der Waals surface area contributed by atoms with Crippen LogP contribution in [0.1, 0.15) is 5.76 Å². The van der Waals surface area contributed by atoms with Gasteiger partial charge >= 0.3 is 0 Å². The normalized spacial score (nSPS) is 11.0. The van der Waals surface area contributed by atoms with Crippen LogP contribution in [0.3, 0.4) is 0 Å². The minimum Gasteiger partial charge on any atom is -0.463 e. The molecule has 0 aliphatic rings. The van der Waals surface area contributed by atoms with E-state index in [0.29, 0.717) is 10.9 Å². The molecule has 1 amide bonds. The number of hydrazone groups is 1. The van der Waals surface area contributed by atoms with E-state index in [1.54, 1.807) is 18.4 Å². The highest BCUT2D eigenvalue weighted by molar-refractivity contribution is 14.1.